The smallest absolute Gasteiger partial charge is 0.214 e. The summed E-state index contributed by atoms with van der Waals surface area (Å²) in [6.45, 7) is 11.2. The number of piperidine rings is 1. The first-order valence-electron chi connectivity index (χ1n) is 9.68. The SMILES string of the molecule is CC1CC[NH+]([C@@H](c2ccc(N(C)C)cc2)c2nnnn2C(C)(C)C)CC1. The number of rotatable bonds is 4. The molecule has 2 heterocycles. The van der Waals surface area contributed by atoms with Gasteiger partial charge in [-0.25, -0.2) is 4.68 Å². The molecule has 0 saturated carbocycles. The number of hydrogen-bond acceptors (Lipinski definition) is 4. The van der Waals surface area contributed by atoms with E-state index in [2.05, 4.69) is 86.5 Å². The van der Waals surface area contributed by atoms with Gasteiger partial charge in [-0.3, -0.25) is 0 Å². The van der Waals surface area contributed by atoms with Gasteiger partial charge in [-0.2, -0.15) is 0 Å². The molecular weight excluding hydrogens is 324 g/mol. The Hall–Kier alpha value is -1.95. The lowest BCUT2D eigenvalue weighted by Gasteiger charge is -2.34. The maximum Gasteiger partial charge on any atom is 0.214 e. The van der Waals surface area contributed by atoms with Crippen LogP contribution in [0.2, 0.25) is 0 Å². The summed E-state index contributed by atoms with van der Waals surface area (Å²) in [6, 6.07) is 9.05. The number of tetrazole rings is 1. The average molecular weight is 358 g/mol. The minimum Gasteiger partial charge on any atom is -0.378 e. The normalized spacial score (nSPS) is 22.2. The Kier molecular flexibility index (Phi) is 5.32. The highest BCUT2D eigenvalue weighted by atomic mass is 15.6. The van der Waals surface area contributed by atoms with Gasteiger partial charge in [-0.05, 0) is 62.1 Å². The van der Waals surface area contributed by atoms with Crippen LogP contribution in [0.5, 0.6) is 0 Å². The van der Waals surface area contributed by atoms with Crippen LogP contribution < -0.4 is 9.80 Å². The number of anilines is 1. The molecule has 2 aromatic rings. The van der Waals surface area contributed by atoms with E-state index in [0.717, 1.165) is 24.8 Å². The fourth-order valence-electron chi connectivity index (χ4n) is 3.81. The molecule has 6 heteroatoms. The van der Waals surface area contributed by atoms with Gasteiger partial charge >= 0.3 is 0 Å². The van der Waals surface area contributed by atoms with Gasteiger partial charge < -0.3 is 9.80 Å². The highest BCUT2D eigenvalue weighted by molar-refractivity contribution is 5.46. The molecule has 0 unspecified atom stereocenters. The predicted octanol–water partition coefficient (Wildman–Crippen LogP) is 1.90. The number of benzene rings is 1. The highest BCUT2D eigenvalue weighted by Gasteiger charge is 2.36. The van der Waals surface area contributed by atoms with Gasteiger partial charge in [0.05, 0.1) is 18.6 Å². The zero-order chi connectivity index (χ0) is 18.9. The fourth-order valence-corrected chi connectivity index (χ4v) is 3.81. The van der Waals surface area contributed by atoms with E-state index in [1.54, 1.807) is 4.90 Å². The van der Waals surface area contributed by atoms with Crippen LogP contribution in [0.15, 0.2) is 24.3 Å². The van der Waals surface area contributed by atoms with E-state index >= 15 is 0 Å². The zero-order valence-electron chi connectivity index (χ0n) is 17.0. The lowest BCUT2D eigenvalue weighted by Crippen LogP contribution is -3.13. The van der Waals surface area contributed by atoms with Crippen LogP contribution in [-0.2, 0) is 5.54 Å². The van der Waals surface area contributed by atoms with Crippen molar-refractivity contribution in [2.45, 2.75) is 52.1 Å². The molecule has 1 saturated heterocycles. The summed E-state index contributed by atoms with van der Waals surface area (Å²) in [7, 11) is 4.15. The van der Waals surface area contributed by atoms with Crippen molar-refractivity contribution in [1.29, 1.82) is 0 Å². The van der Waals surface area contributed by atoms with Gasteiger partial charge in [0.1, 0.15) is 0 Å². The lowest BCUT2D eigenvalue weighted by atomic mass is 9.95. The van der Waals surface area contributed by atoms with Crippen LogP contribution in [0.25, 0.3) is 0 Å². The Bertz CT molecular complexity index is 705. The number of nitrogens with zero attached hydrogens (tertiary/aromatic N) is 5. The number of nitrogens with one attached hydrogen (secondary N) is 1. The van der Waals surface area contributed by atoms with E-state index in [1.165, 1.54) is 24.1 Å². The number of hydrogen-bond donors (Lipinski definition) is 1. The Morgan fingerprint density at radius 3 is 2.27 bits per heavy atom. The van der Waals surface area contributed by atoms with Crippen molar-refractivity contribution in [3.63, 3.8) is 0 Å². The maximum absolute atomic E-state index is 4.48. The third kappa shape index (κ3) is 3.90. The molecule has 26 heavy (non-hydrogen) atoms. The van der Waals surface area contributed by atoms with Crippen molar-refractivity contribution >= 4 is 5.69 Å². The maximum atomic E-state index is 4.48. The summed E-state index contributed by atoms with van der Waals surface area (Å²) in [4.78, 5) is 3.70. The topological polar surface area (TPSA) is 51.3 Å². The Morgan fingerprint density at radius 2 is 1.73 bits per heavy atom. The summed E-state index contributed by atoms with van der Waals surface area (Å²) in [5, 5.41) is 12.8. The van der Waals surface area contributed by atoms with Gasteiger partial charge in [-0.1, -0.05) is 19.1 Å². The summed E-state index contributed by atoms with van der Waals surface area (Å²) in [6.07, 6.45) is 2.53. The van der Waals surface area contributed by atoms with Gasteiger partial charge in [-0.15, -0.1) is 5.10 Å². The molecule has 0 bridgehead atoms. The first-order chi connectivity index (χ1) is 12.3. The molecule has 0 spiro atoms. The quantitative estimate of drug-likeness (QED) is 0.908. The molecule has 1 N–H and O–H groups in total. The fraction of sp³-hybridized carbons (Fsp3) is 0.650. The molecule has 3 rings (SSSR count). The van der Waals surface area contributed by atoms with Crippen molar-refractivity contribution < 1.29 is 4.90 Å². The van der Waals surface area contributed by atoms with E-state index in [0.29, 0.717) is 0 Å². The minimum absolute atomic E-state index is 0.136. The molecule has 0 amide bonds. The van der Waals surface area contributed by atoms with E-state index < -0.39 is 0 Å². The van der Waals surface area contributed by atoms with Gasteiger partial charge in [0.15, 0.2) is 6.04 Å². The molecule has 142 valence electrons. The molecule has 1 aliphatic heterocycles. The molecule has 6 nitrogen and oxygen atoms in total. The van der Waals surface area contributed by atoms with Crippen molar-refractivity contribution in [1.82, 2.24) is 20.2 Å². The molecule has 0 aliphatic carbocycles. The monoisotopic (exact) mass is 357 g/mol. The van der Waals surface area contributed by atoms with Crippen LogP contribution in [-0.4, -0.2) is 47.4 Å². The highest BCUT2D eigenvalue weighted by Crippen LogP contribution is 2.25. The van der Waals surface area contributed by atoms with Crippen LogP contribution >= 0.6 is 0 Å². The third-order valence-corrected chi connectivity index (χ3v) is 5.45. The molecular formula is C20H33N6+. The first kappa shape index (κ1) is 18.8. The number of quaternary nitrogens is 1. The number of aromatic nitrogens is 4. The summed E-state index contributed by atoms with van der Waals surface area (Å²) in [5.74, 6) is 1.79. The van der Waals surface area contributed by atoms with Gasteiger partial charge in [0.2, 0.25) is 5.82 Å². The average Bonchev–Trinajstić information content (AvgIpc) is 3.07. The second-order valence-corrected chi connectivity index (χ2v) is 8.88. The predicted molar refractivity (Wildman–Crippen MR) is 105 cm³/mol. The Balaban J connectivity index is 2.01. The molecule has 1 aromatic heterocycles. The summed E-state index contributed by atoms with van der Waals surface area (Å²) < 4.78 is 2.00. The van der Waals surface area contributed by atoms with E-state index in [1.807, 2.05) is 4.68 Å². The van der Waals surface area contributed by atoms with Crippen molar-refractivity contribution in [2.75, 3.05) is 32.1 Å². The van der Waals surface area contributed by atoms with Crippen molar-refractivity contribution in [2.24, 2.45) is 5.92 Å². The lowest BCUT2D eigenvalue weighted by molar-refractivity contribution is -0.932. The van der Waals surface area contributed by atoms with E-state index in [9.17, 15) is 0 Å². The van der Waals surface area contributed by atoms with Crippen molar-refractivity contribution in [3.8, 4) is 0 Å². The van der Waals surface area contributed by atoms with E-state index in [4.69, 9.17) is 0 Å². The second-order valence-electron chi connectivity index (χ2n) is 8.88. The molecule has 0 radical (unpaired) electrons. The molecule has 1 fully saturated rings. The van der Waals surface area contributed by atoms with Gasteiger partial charge in [0, 0.05) is 25.3 Å². The summed E-state index contributed by atoms with van der Waals surface area (Å²) in [5.41, 5.74) is 2.37. The van der Waals surface area contributed by atoms with Crippen LogP contribution in [0.3, 0.4) is 0 Å². The minimum atomic E-state index is -0.136. The molecule has 1 atom stereocenters. The first-order valence-corrected chi connectivity index (χ1v) is 9.68. The largest absolute Gasteiger partial charge is 0.378 e. The van der Waals surface area contributed by atoms with E-state index in [-0.39, 0.29) is 11.6 Å². The Labute approximate surface area is 157 Å². The molecule has 1 aromatic carbocycles. The molecule has 1 aliphatic rings. The second kappa shape index (κ2) is 7.35. The van der Waals surface area contributed by atoms with Gasteiger partial charge in [0.25, 0.3) is 0 Å². The van der Waals surface area contributed by atoms with Crippen LogP contribution in [0.4, 0.5) is 5.69 Å². The van der Waals surface area contributed by atoms with Crippen LogP contribution in [0.1, 0.15) is 58.0 Å². The van der Waals surface area contributed by atoms with Crippen molar-refractivity contribution in [3.05, 3.63) is 35.7 Å². The Morgan fingerprint density at radius 1 is 1.12 bits per heavy atom. The van der Waals surface area contributed by atoms with Crippen LogP contribution in [0, 0.1) is 5.92 Å². The number of likely N-dealkylation sites (tertiary alicyclic amines) is 1. The third-order valence-electron chi connectivity index (χ3n) is 5.45. The summed E-state index contributed by atoms with van der Waals surface area (Å²) >= 11 is 0. The standard InChI is InChI=1S/C20H32N6/c1-15-11-13-25(14-12-15)18(16-7-9-17(10-8-16)24(5)6)19-21-22-23-26(19)20(2,3)4/h7-10,15,18H,11-14H2,1-6H3/p+1/t18-/m0/s1. The zero-order valence-corrected chi connectivity index (χ0v) is 17.0.